The lowest BCUT2D eigenvalue weighted by atomic mass is 10.1. The Balaban J connectivity index is 1.86. The lowest BCUT2D eigenvalue weighted by Gasteiger charge is -2.02. The normalized spacial score (nSPS) is 11.5. The summed E-state index contributed by atoms with van der Waals surface area (Å²) in [6.45, 7) is 3.00. The highest BCUT2D eigenvalue weighted by molar-refractivity contribution is 5.91. The molecule has 1 rings (SSSR count). The maximum atomic E-state index is 11.8. The van der Waals surface area contributed by atoms with Crippen molar-refractivity contribution < 1.29 is 9.90 Å². The average Bonchev–Trinajstić information content (AvgIpc) is 2.75. The van der Waals surface area contributed by atoms with Gasteiger partial charge in [0.2, 0.25) is 5.91 Å². The summed E-state index contributed by atoms with van der Waals surface area (Å²) in [6, 6.07) is 6.79. The molecular formula is C27H43NO2. The van der Waals surface area contributed by atoms with E-state index in [0.717, 1.165) is 18.5 Å². The molecule has 30 heavy (non-hydrogen) atoms. The molecule has 0 fully saturated rings. The van der Waals surface area contributed by atoms with Gasteiger partial charge < -0.3 is 10.4 Å². The third kappa shape index (κ3) is 15.8. The molecule has 0 atom stereocenters. The molecule has 0 unspecified atom stereocenters. The first kappa shape index (κ1) is 26.0. The second-order valence-corrected chi connectivity index (χ2v) is 8.15. The Morgan fingerprint density at radius 1 is 0.800 bits per heavy atom. The highest BCUT2D eigenvalue weighted by Crippen LogP contribution is 2.11. The predicted octanol–water partition coefficient (Wildman–Crippen LogP) is 7.56. The number of carbonyl (C=O) groups excluding carboxylic acids is 1. The molecule has 1 aromatic carbocycles. The van der Waals surface area contributed by atoms with Gasteiger partial charge in [-0.2, -0.15) is 0 Å². The van der Waals surface area contributed by atoms with Gasteiger partial charge in [-0.25, -0.2) is 0 Å². The SMILES string of the molecule is CCCCCCCCCC=CCCCCCCCNC(=O)/C=C/c1ccc(O)cc1. The Morgan fingerprint density at radius 3 is 1.93 bits per heavy atom. The van der Waals surface area contributed by atoms with Crippen molar-refractivity contribution in [2.75, 3.05) is 6.54 Å². The van der Waals surface area contributed by atoms with E-state index >= 15 is 0 Å². The number of carbonyl (C=O) groups is 1. The zero-order valence-corrected chi connectivity index (χ0v) is 19.1. The zero-order chi connectivity index (χ0) is 21.7. The Bertz CT molecular complexity index is 589. The summed E-state index contributed by atoms with van der Waals surface area (Å²) in [5.41, 5.74) is 0.902. The molecule has 1 amide bonds. The van der Waals surface area contributed by atoms with Gasteiger partial charge in [-0.05, 0) is 55.9 Å². The average molecular weight is 414 g/mol. The third-order valence-corrected chi connectivity index (χ3v) is 5.31. The van der Waals surface area contributed by atoms with Gasteiger partial charge >= 0.3 is 0 Å². The molecule has 0 saturated carbocycles. The van der Waals surface area contributed by atoms with Gasteiger partial charge in [-0.15, -0.1) is 0 Å². The molecule has 168 valence electrons. The lowest BCUT2D eigenvalue weighted by Crippen LogP contribution is -2.21. The van der Waals surface area contributed by atoms with Crippen molar-refractivity contribution in [3.63, 3.8) is 0 Å². The molecule has 0 aliphatic carbocycles. The van der Waals surface area contributed by atoms with Gasteiger partial charge in [0.15, 0.2) is 0 Å². The van der Waals surface area contributed by atoms with E-state index in [1.807, 2.05) is 0 Å². The molecule has 0 radical (unpaired) electrons. The summed E-state index contributed by atoms with van der Waals surface area (Å²) in [5, 5.41) is 12.2. The topological polar surface area (TPSA) is 49.3 Å². The molecule has 0 saturated heterocycles. The van der Waals surface area contributed by atoms with Gasteiger partial charge in [0.1, 0.15) is 5.75 Å². The Labute approximate surface area is 184 Å². The van der Waals surface area contributed by atoms with Crippen LogP contribution >= 0.6 is 0 Å². The molecule has 1 aromatic rings. The number of allylic oxidation sites excluding steroid dienone is 2. The van der Waals surface area contributed by atoms with Gasteiger partial charge in [0.05, 0.1) is 0 Å². The third-order valence-electron chi connectivity index (χ3n) is 5.31. The van der Waals surface area contributed by atoms with Gasteiger partial charge in [0, 0.05) is 12.6 Å². The van der Waals surface area contributed by atoms with Crippen molar-refractivity contribution in [3.8, 4) is 5.75 Å². The summed E-state index contributed by atoms with van der Waals surface area (Å²) >= 11 is 0. The first-order chi connectivity index (χ1) is 14.7. The van der Waals surface area contributed by atoms with Crippen LogP contribution in [0.1, 0.15) is 102 Å². The van der Waals surface area contributed by atoms with E-state index in [-0.39, 0.29) is 11.7 Å². The summed E-state index contributed by atoms with van der Waals surface area (Å²) in [6.07, 6.45) is 26.2. The van der Waals surface area contributed by atoms with E-state index in [2.05, 4.69) is 24.4 Å². The maximum Gasteiger partial charge on any atom is 0.243 e. The Hall–Kier alpha value is -2.03. The second-order valence-electron chi connectivity index (χ2n) is 8.15. The minimum Gasteiger partial charge on any atom is -0.508 e. The van der Waals surface area contributed by atoms with Crippen molar-refractivity contribution in [1.29, 1.82) is 0 Å². The minimum absolute atomic E-state index is 0.0610. The van der Waals surface area contributed by atoms with E-state index in [1.54, 1.807) is 36.4 Å². The number of hydrogen-bond acceptors (Lipinski definition) is 2. The van der Waals surface area contributed by atoms with Crippen LogP contribution in [-0.2, 0) is 4.79 Å². The fourth-order valence-corrected chi connectivity index (χ4v) is 3.40. The van der Waals surface area contributed by atoms with Crippen molar-refractivity contribution in [2.45, 2.75) is 96.8 Å². The second kappa shape index (κ2) is 19.0. The van der Waals surface area contributed by atoms with Crippen LogP contribution in [0.4, 0.5) is 0 Å². The number of amides is 1. The first-order valence-corrected chi connectivity index (χ1v) is 12.1. The molecule has 0 spiro atoms. The van der Waals surface area contributed by atoms with Crippen LogP contribution in [0.15, 0.2) is 42.5 Å². The molecule has 0 heterocycles. The van der Waals surface area contributed by atoms with Crippen LogP contribution in [0.25, 0.3) is 6.08 Å². The van der Waals surface area contributed by atoms with Crippen molar-refractivity contribution in [2.24, 2.45) is 0 Å². The first-order valence-electron chi connectivity index (χ1n) is 12.1. The van der Waals surface area contributed by atoms with Gasteiger partial charge in [-0.3, -0.25) is 4.79 Å². The van der Waals surface area contributed by atoms with Crippen molar-refractivity contribution >= 4 is 12.0 Å². The number of phenols is 1. The molecule has 0 bridgehead atoms. The smallest absolute Gasteiger partial charge is 0.243 e. The van der Waals surface area contributed by atoms with Crippen LogP contribution in [0.5, 0.6) is 5.75 Å². The van der Waals surface area contributed by atoms with Crippen LogP contribution in [0.2, 0.25) is 0 Å². The van der Waals surface area contributed by atoms with Crippen molar-refractivity contribution in [1.82, 2.24) is 5.32 Å². The van der Waals surface area contributed by atoms with Gasteiger partial charge in [0.25, 0.3) is 0 Å². The van der Waals surface area contributed by atoms with Crippen LogP contribution < -0.4 is 5.32 Å². The largest absolute Gasteiger partial charge is 0.508 e. The Kier molecular flexibility index (Phi) is 16.4. The molecule has 3 nitrogen and oxygen atoms in total. The fraction of sp³-hybridized carbons (Fsp3) is 0.593. The monoisotopic (exact) mass is 413 g/mol. The highest BCUT2D eigenvalue weighted by Gasteiger charge is 1.96. The van der Waals surface area contributed by atoms with E-state index in [4.69, 9.17) is 0 Å². The van der Waals surface area contributed by atoms with Crippen LogP contribution in [-0.4, -0.2) is 17.6 Å². The molecule has 3 heteroatoms. The Morgan fingerprint density at radius 2 is 1.33 bits per heavy atom. The van der Waals surface area contributed by atoms with Crippen LogP contribution in [0.3, 0.4) is 0 Å². The van der Waals surface area contributed by atoms with E-state index in [9.17, 15) is 9.90 Å². The summed E-state index contributed by atoms with van der Waals surface area (Å²) in [7, 11) is 0. The fourth-order valence-electron chi connectivity index (χ4n) is 3.40. The molecule has 2 N–H and O–H groups in total. The number of nitrogens with one attached hydrogen (secondary N) is 1. The maximum absolute atomic E-state index is 11.8. The summed E-state index contributed by atoms with van der Waals surface area (Å²) in [4.78, 5) is 11.8. The number of unbranched alkanes of at least 4 members (excludes halogenated alkanes) is 12. The van der Waals surface area contributed by atoms with E-state index in [1.165, 1.54) is 83.5 Å². The zero-order valence-electron chi connectivity index (χ0n) is 19.1. The molecule has 0 aromatic heterocycles. The van der Waals surface area contributed by atoms with E-state index in [0.29, 0.717) is 0 Å². The van der Waals surface area contributed by atoms with E-state index < -0.39 is 0 Å². The summed E-state index contributed by atoms with van der Waals surface area (Å²) < 4.78 is 0. The summed E-state index contributed by atoms with van der Waals surface area (Å²) in [5.74, 6) is 0.172. The van der Waals surface area contributed by atoms with Crippen molar-refractivity contribution in [3.05, 3.63) is 48.1 Å². The minimum atomic E-state index is -0.0610. The van der Waals surface area contributed by atoms with Crippen LogP contribution in [0, 0.1) is 0 Å². The highest BCUT2D eigenvalue weighted by atomic mass is 16.3. The van der Waals surface area contributed by atoms with Gasteiger partial charge in [-0.1, -0.05) is 89.0 Å². The number of aromatic hydroxyl groups is 1. The number of hydrogen-bond donors (Lipinski definition) is 2. The molecule has 0 aliphatic rings. The number of rotatable bonds is 18. The lowest BCUT2D eigenvalue weighted by molar-refractivity contribution is -0.116. The standard InChI is InChI=1S/C27H43NO2/c1-2-3-4-5-6-7-8-9-10-11-12-13-14-15-16-17-24-28-27(30)23-20-25-18-21-26(29)22-19-25/h10-11,18-23,29H,2-9,12-17,24H2,1H3,(H,28,30)/b11-10?,23-20+. The number of benzene rings is 1. The molecule has 0 aliphatic heterocycles. The predicted molar refractivity (Wildman–Crippen MR) is 130 cm³/mol. The quantitative estimate of drug-likeness (QED) is 0.148. The molecular weight excluding hydrogens is 370 g/mol. The number of phenolic OH excluding ortho intramolecular Hbond substituents is 1.